The van der Waals surface area contributed by atoms with Crippen LogP contribution in [0.2, 0.25) is 0 Å². The molecule has 0 saturated carbocycles. The zero-order chi connectivity index (χ0) is 13.5. The Morgan fingerprint density at radius 1 is 1.05 bits per heavy atom. The van der Waals surface area contributed by atoms with Gasteiger partial charge in [0.2, 0.25) is 0 Å². The molecule has 0 spiro atoms. The van der Waals surface area contributed by atoms with E-state index in [2.05, 4.69) is 0 Å². The molecule has 0 unspecified atom stereocenters. The summed E-state index contributed by atoms with van der Waals surface area (Å²) in [5.41, 5.74) is 3.17. The lowest BCUT2D eigenvalue weighted by atomic mass is 10.2. The highest BCUT2D eigenvalue weighted by Gasteiger charge is 1.98. The van der Waals surface area contributed by atoms with Crippen molar-refractivity contribution in [2.24, 2.45) is 0 Å². The smallest absolute Gasteiger partial charge is 0.331 e. The molecule has 2 nitrogen and oxygen atoms in total. The van der Waals surface area contributed by atoms with E-state index in [1.54, 1.807) is 6.08 Å². The van der Waals surface area contributed by atoms with Gasteiger partial charge in [0, 0.05) is 6.08 Å². The third-order valence-corrected chi connectivity index (χ3v) is 2.71. The van der Waals surface area contributed by atoms with Crippen molar-refractivity contribution in [3.63, 3.8) is 0 Å². The Balaban J connectivity index is 1.85. The summed E-state index contributed by atoms with van der Waals surface area (Å²) in [6.07, 6.45) is 3.20. The number of rotatable bonds is 4. The number of esters is 1. The van der Waals surface area contributed by atoms with E-state index < -0.39 is 0 Å². The second-order valence-electron chi connectivity index (χ2n) is 4.34. The van der Waals surface area contributed by atoms with Gasteiger partial charge in [-0.2, -0.15) is 0 Å². The normalized spacial score (nSPS) is 10.6. The van der Waals surface area contributed by atoms with E-state index in [0.717, 1.165) is 11.1 Å². The molecule has 0 saturated heterocycles. The van der Waals surface area contributed by atoms with Crippen molar-refractivity contribution >= 4 is 12.0 Å². The Labute approximate surface area is 113 Å². The summed E-state index contributed by atoms with van der Waals surface area (Å²) in [4.78, 5) is 11.5. The molecule has 2 heteroatoms. The van der Waals surface area contributed by atoms with Crippen LogP contribution >= 0.6 is 0 Å². The van der Waals surface area contributed by atoms with Gasteiger partial charge in [-0.3, -0.25) is 0 Å². The molecule has 0 atom stereocenters. The van der Waals surface area contributed by atoms with Crippen LogP contribution in [0.15, 0.2) is 60.7 Å². The largest absolute Gasteiger partial charge is 0.458 e. The molecule has 19 heavy (non-hydrogen) atoms. The fourth-order valence-electron chi connectivity index (χ4n) is 1.62. The number of ether oxygens (including phenoxy) is 1. The van der Waals surface area contributed by atoms with Crippen molar-refractivity contribution in [2.75, 3.05) is 0 Å². The Bertz CT molecular complexity index is 554. The first-order chi connectivity index (χ1) is 9.24. The van der Waals surface area contributed by atoms with E-state index >= 15 is 0 Å². The van der Waals surface area contributed by atoms with Crippen LogP contribution < -0.4 is 0 Å². The highest BCUT2D eigenvalue weighted by atomic mass is 16.5. The summed E-state index contributed by atoms with van der Waals surface area (Å²) in [7, 11) is 0. The first-order valence-electron chi connectivity index (χ1n) is 6.19. The monoisotopic (exact) mass is 252 g/mol. The van der Waals surface area contributed by atoms with Crippen LogP contribution in [-0.2, 0) is 16.1 Å². The van der Waals surface area contributed by atoms with Gasteiger partial charge in [0.1, 0.15) is 6.61 Å². The van der Waals surface area contributed by atoms with Crippen LogP contribution in [0.1, 0.15) is 16.7 Å². The molecule has 96 valence electrons. The molecule has 0 amide bonds. The molecule has 0 aromatic heterocycles. The lowest BCUT2D eigenvalue weighted by Gasteiger charge is -2.02. The SMILES string of the molecule is Cc1ccc(COC(=O)C=Cc2ccccc2)cc1. The van der Waals surface area contributed by atoms with Crippen LogP contribution in [0.5, 0.6) is 0 Å². The standard InChI is InChI=1S/C17H16O2/c1-14-7-9-16(10-8-14)13-19-17(18)12-11-15-5-3-2-4-6-15/h2-12H,13H2,1H3. The molecule has 2 aromatic rings. The van der Waals surface area contributed by atoms with E-state index in [1.165, 1.54) is 11.6 Å². The summed E-state index contributed by atoms with van der Waals surface area (Å²) < 4.78 is 5.16. The number of carbonyl (C=O) groups is 1. The minimum atomic E-state index is -0.329. The second kappa shape index (κ2) is 6.55. The Kier molecular flexibility index (Phi) is 4.51. The molecule has 0 bridgehead atoms. The van der Waals surface area contributed by atoms with Gasteiger partial charge in [-0.05, 0) is 24.1 Å². The highest BCUT2D eigenvalue weighted by molar-refractivity contribution is 5.87. The zero-order valence-electron chi connectivity index (χ0n) is 10.9. The van der Waals surface area contributed by atoms with E-state index in [9.17, 15) is 4.79 Å². The van der Waals surface area contributed by atoms with Gasteiger partial charge in [0.15, 0.2) is 0 Å². The third kappa shape index (κ3) is 4.43. The fraction of sp³-hybridized carbons (Fsp3) is 0.118. The maximum absolute atomic E-state index is 11.5. The van der Waals surface area contributed by atoms with E-state index in [1.807, 2.05) is 61.5 Å². The van der Waals surface area contributed by atoms with Gasteiger partial charge in [-0.25, -0.2) is 4.79 Å². The molecule has 0 N–H and O–H groups in total. The number of aryl methyl sites for hydroxylation is 1. The molecule has 0 aliphatic rings. The molecule has 0 fully saturated rings. The average molecular weight is 252 g/mol. The Morgan fingerprint density at radius 2 is 1.74 bits per heavy atom. The zero-order valence-corrected chi connectivity index (χ0v) is 10.9. The lowest BCUT2D eigenvalue weighted by molar-refractivity contribution is -0.138. The molecule has 0 aliphatic heterocycles. The number of benzene rings is 2. The number of hydrogen-bond acceptors (Lipinski definition) is 2. The van der Waals surface area contributed by atoms with Crippen molar-refractivity contribution in [3.05, 3.63) is 77.4 Å². The van der Waals surface area contributed by atoms with E-state index in [4.69, 9.17) is 4.74 Å². The van der Waals surface area contributed by atoms with Crippen molar-refractivity contribution in [3.8, 4) is 0 Å². The Morgan fingerprint density at radius 3 is 2.42 bits per heavy atom. The quantitative estimate of drug-likeness (QED) is 0.612. The molecule has 2 aromatic carbocycles. The van der Waals surface area contributed by atoms with Crippen LogP contribution in [0.3, 0.4) is 0 Å². The number of carbonyl (C=O) groups excluding carboxylic acids is 1. The summed E-state index contributed by atoms with van der Waals surface area (Å²) in [5, 5.41) is 0. The highest BCUT2D eigenvalue weighted by Crippen LogP contribution is 2.05. The van der Waals surface area contributed by atoms with Crippen LogP contribution in [0, 0.1) is 6.92 Å². The lowest BCUT2D eigenvalue weighted by Crippen LogP contribution is -2.00. The predicted octanol–water partition coefficient (Wildman–Crippen LogP) is 3.75. The summed E-state index contributed by atoms with van der Waals surface area (Å²) in [5.74, 6) is -0.329. The molecule has 0 heterocycles. The summed E-state index contributed by atoms with van der Waals surface area (Å²) in [6.45, 7) is 2.33. The first-order valence-corrected chi connectivity index (χ1v) is 6.19. The van der Waals surface area contributed by atoms with Crippen molar-refractivity contribution in [2.45, 2.75) is 13.5 Å². The molecular weight excluding hydrogens is 236 g/mol. The predicted molar refractivity (Wildman–Crippen MR) is 76.5 cm³/mol. The van der Waals surface area contributed by atoms with E-state index in [-0.39, 0.29) is 5.97 Å². The van der Waals surface area contributed by atoms with Crippen LogP contribution in [-0.4, -0.2) is 5.97 Å². The van der Waals surface area contributed by atoms with Crippen LogP contribution in [0.25, 0.3) is 6.08 Å². The van der Waals surface area contributed by atoms with Crippen LogP contribution in [0.4, 0.5) is 0 Å². The maximum atomic E-state index is 11.5. The van der Waals surface area contributed by atoms with E-state index in [0.29, 0.717) is 6.61 Å². The third-order valence-electron chi connectivity index (χ3n) is 2.71. The first kappa shape index (κ1) is 13.1. The second-order valence-corrected chi connectivity index (χ2v) is 4.34. The van der Waals surface area contributed by atoms with Gasteiger partial charge in [0.05, 0.1) is 0 Å². The van der Waals surface area contributed by atoms with Crippen molar-refractivity contribution < 1.29 is 9.53 Å². The minimum Gasteiger partial charge on any atom is -0.458 e. The van der Waals surface area contributed by atoms with Gasteiger partial charge in [0.25, 0.3) is 0 Å². The van der Waals surface area contributed by atoms with Gasteiger partial charge >= 0.3 is 5.97 Å². The van der Waals surface area contributed by atoms with Gasteiger partial charge in [-0.1, -0.05) is 60.2 Å². The summed E-state index contributed by atoms with van der Waals surface area (Å²) in [6, 6.07) is 17.6. The maximum Gasteiger partial charge on any atom is 0.331 e. The molecule has 0 radical (unpaired) electrons. The number of hydrogen-bond donors (Lipinski definition) is 0. The van der Waals surface area contributed by atoms with Crippen molar-refractivity contribution in [1.29, 1.82) is 0 Å². The topological polar surface area (TPSA) is 26.3 Å². The molecular formula is C17H16O2. The fourth-order valence-corrected chi connectivity index (χ4v) is 1.62. The minimum absolute atomic E-state index is 0.304. The van der Waals surface area contributed by atoms with Crippen molar-refractivity contribution in [1.82, 2.24) is 0 Å². The van der Waals surface area contributed by atoms with Gasteiger partial charge in [-0.15, -0.1) is 0 Å². The summed E-state index contributed by atoms with van der Waals surface area (Å²) >= 11 is 0. The van der Waals surface area contributed by atoms with Gasteiger partial charge < -0.3 is 4.74 Å². The molecule has 2 rings (SSSR count). The Hall–Kier alpha value is -2.35. The average Bonchev–Trinajstić information content (AvgIpc) is 2.45. The molecule has 0 aliphatic carbocycles.